The molecule has 10 nitrogen and oxygen atoms in total. The van der Waals surface area contributed by atoms with Crippen molar-refractivity contribution in [2.45, 2.75) is 38.3 Å². The van der Waals surface area contributed by atoms with Gasteiger partial charge in [0.15, 0.2) is 5.69 Å². The summed E-state index contributed by atoms with van der Waals surface area (Å²) in [5.74, 6) is 0.659. The number of nitrogens with zero attached hydrogens (tertiary/aromatic N) is 5. The first-order chi connectivity index (χ1) is 16.0. The Kier molecular flexibility index (Phi) is 7.24. The monoisotopic (exact) mass is 457 g/mol. The number of aromatic nitrogens is 3. The minimum absolute atomic E-state index is 0.0420. The summed E-state index contributed by atoms with van der Waals surface area (Å²) in [6, 6.07) is 7.56. The van der Waals surface area contributed by atoms with Crippen LogP contribution in [0.3, 0.4) is 0 Å². The van der Waals surface area contributed by atoms with Crippen LogP contribution in [0.2, 0.25) is 0 Å². The number of ether oxygens (including phenoxy) is 2. The highest BCUT2D eigenvalue weighted by molar-refractivity contribution is 5.92. The summed E-state index contributed by atoms with van der Waals surface area (Å²) < 4.78 is 12.2. The van der Waals surface area contributed by atoms with Crippen molar-refractivity contribution in [3.05, 3.63) is 41.7 Å². The van der Waals surface area contributed by atoms with E-state index in [1.54, 1.807) is 16.0 Å². The van der Waals surface area contributed by atoms with Crippen molar-refractivity contribution in [1.82, 2.24) is 24.8 Å². The highest BCUT2D eigenvalue weighted by atomic mass is 16.5. The molecule has 3 heterocycles. The fraction of sp³-hybridized carbons (Fsp3) is 0.565. The minimum Gasteiger partial charge on any atom is -0.494 e. The van der Waals surface area contributed by atoms with Crippen molar-refractivity contribution >= 4 is 11.8 Å². The molecule has 0 atom stereocenters. The molecular weight excluding hydrogens is 426 g/mol. The second-order valence-corrected chi connectivity index (χ2v) is 8.56. The predicted molar refractivity (Wildman–Crippen MR) is 119 cm³/mol. The average molecular weight is 458 g/mol. The number of amides is 2. The van der Waals surface area contributed by atoms with E-state index in [2.05, 4.69) is 10.3 Å². The molecule has 2 aliphatic heterocycles. The smallest absolute Gasteiger partial charge is 0.276 e. The number of carbonyl (C=O) groups excluding carboxylic acids is 2. The third-order valence-electron chi connectivity index (χ3n) is 6.15. The van der Waals surface area contributed by atoms with Crippen molar-refractivity contribution in [2.24, 2.45) is 0 Å². The van der Waals surface area contributed by atoms with Gasteiger partial charge in [0.25, 0.3) is 5.91 Å². The lowest BCUT2D eigenvalue weighted by Gasteiger charge is -2.38. The molecule has 0 spiro atoms. The van der Waals surface area contributed by atoms with Crippen molar-refractivity contribution in [3.63, 3.8) is 0 Å². The third-order valence-corrected chi connectivity index (χ3v) is 6.15. The fourth-order valence-corrected chi connectivity index (χ4v) is 4.19. The Morgan fingerprint density at radius 3 is 2.45 bits per heavy atom. The standard InChI is InChI=1S/C23H31N5O5/c1-2-33-19-5-3-18(4-6-19)15-21(29)26-9-7-23(31,8-10-26)17-28-16-20(24-25-28)22(30)27-11-13-32-14-12-27/h3-6,16,31H,2,7-15,17H2,1H3. The van der Waals surface area contributed by atoms with Crippen LogP contribution < -0.4 is 4.74 Å². The SMILES string of the molecule is CCOc1ccc(CC(=O)N2CCC(O)(Cn3cc(C(=O)N4CCOCC4)nn3)CC2)cc1. The maximum absolute atomic E-state index is 12.7. The highest BCUT2D eigenvalue weighted by Crippen LogP contribution is 2.25. The molecule has 4 rings (SSSR count). The number of hydrogen-bond acceptors (Lipinski definition) is 7. The molecule has 1 aromatic heterocycles. The van der Waals surface area contributed by atoms with Crippen molar-refractivity contribution in [3.8, 4) is 5.75 Å². The maximum Gasteiger partial charge on any atom is 0.276 e. The summed E-state index contributed by atoms with van der Waals surface area (Å²) in [6.45, 7) is 5.84. The topological polar surface area (TPSA) is 110 Å². The molecule has 2 amide bonds. The fourth-order valence-electron chi connectivity index (χ4n) is 4.19. The molecule has 0 saturated carbocycles. The van der Waals surface area contributed by atoms with E-state index in [4.69, 9.17) is 9.47 Å². The Balaban J connectivity index is 1.27. The molecule has 0 bridgehead atoms. The normalized spacial score (nSPS) is 18.2. The summed E-state index contributed by atoms with van der Waals surface area (Å²) in [7, 11) is 0. The molecule has 2 aromatic rings. The van der Waals surface area contributed by atoms with Crippen molar-refractivity contribution in [1.29, 1.82) is 0 Å². The van der Waals surface area contributed by atoms with Gasteiger partial charge in [-0.25, -0.2) is 4.68 Å². The van der Waals surface area contributed by atoms with Gasteiger partial charge in [-0.2, -0.15) is 0 Å². The van der Waals surface area contributed by atoms with Gasteiger partial charge in [-0.1, -0.05) is 17.3 Å². The number of benzene rings is 1. The zero-order valence-electron chi connectivity index (χ0n) is 19.0. The van der Waals surface area contributed by atoms with Gasteiger partial charge in [0.05, 0.1) is 44.6 Å². The first kappa shape index (κ1) is 23.2. The molecule has 2 saturated heterocycles. The van der Waals surface area contributed by atoms with Crippen LogP contribution >= 0.6 is 0 Å². The van der Waals surface area contributed by atoms with Crippen LogP contribution in [-0.2, 0) is 22.5 Å². The van der Waals surface area contributed by atoms with Crippen LogP contribution in [0.25, 0.3) is 0 Å². The number of likely N-dealkylation sites (tertiary alicyclic amines) is 1. The summed E-state index contributed by atoms with van der Waals surface area (Å²) in [5.41, 5.74) is 0.205. The molecule has 10 heteroatoms. The van der Waals surface area contributed by atoms with Gasteiger partial charge in [0.2, 0.25) is 5.91 Å². The lowest BCUT2D eigenvalue weighted by molar-refractivity contribution is -0.135. The molecule has 178 valence electrons. The first-order valence-corrected chi connectivity index (χ1v) is 11.4. The number of hydrogen-bond donors (Lipinski definition) is 1. The minimum atomic E-state index is -0.997. The Bertz CT molecular complexity index is 946. The van der Waals surface area contributed by atoms with Gasteiger partial charge in [-0.3, -0.25) is 9.59 Å². The summed E-state index contributed by atoms with van der Waals surface area (Å²) in [4.78, 5) is 28.7. The van der Waals surface area contributed by atoms with Crippen LogP contribution in [0.5, 0.6) is 5.75 Å². The number of morpholine rings is 1. The van der Waals surface area contributed by atoms with Gasteiger partial charge in [0, 0.05) is 26.2 Å². The van der Waals surface area contributed by atoms with Gasteiger partial charge in [-0.05, 0) is 37.5 Å². The Hall–Kier alpha value is -2.98. The Morgan fingerprint density at radius 1 is 1.09 bits per heavy atom. The van der Waals surface area contributed by atoms with E-state index in [-0.39, 0.29) is 24.1 Å². The number of piperidine rings is 1. The van der Waals surface area contributed by atoms with Crippen LogP contribution in [0.1, 0.15) is 35.8 Å². The van der Waals surface area contributed by atoms with E-state index in [1.165, 1.54) is 4.68 Å². The summed E-state index contributed by atoms with van der Waals surface area (Å²) in [6.07, 6.45) is 2.78. The number of rotatable bonds is 7. The van der Waals surface area contributed by atoms with Gasteiger partial charge >= 0.3 is 0 Å². The molecule has 0 radical (unpaired) electrons. The van der Waals surface area contributed by atoms with E-state index in [0.29, 0.717) is 65.3 Å². The van der Waals surface area contributed by atoms with Crippen LogP contribution in [0.15, 0.2) is 30.5 Å². The summed E-state index contributed by atoms with van der Waals surface area (Å²) >= 11 is 0. The molecule has 2 aliphatic rings. The lowest BCUT2D eigenvalue weighted by Crippen LogP contribution is -2.49. The largest absolute Gasteiger partial charge is 0.494 e. The van der Waals surface area contributed by atoms with E-state index in [9.17, 15) is 14.7 Å². The van der Waals surface area contributed by atoms with Gasteiger partial charge < -0.3 is 24.4 Å². The maximum atomic E-state index is 12.7. The molecule has 33 heavy (non-hydrogen) atoms. The summed E-state index contributed by atoms with van der Waals surface area (Å²) in [5, 5.41) is 19.1. The van der Waals surface area contributed by atoms with E-state index in [0.717, 1.165) is 11.3 Å². The quantitative estimate of drug-likeness (QED) is 0.653. The van der Waals surface area contributed by atoms with Crippen molar-refractivity contribution < 1.29 is 24.2 Å². The second-order valence-electron chi connectivity index (χ2n) is 8.56. The molecule has 0 unspecified atom stereocenters. The van der Waals surface area contributed by atoms with E-state index in [1.807, 2.05) is 31.2 Å². The molecule has 1 N–H and O–H groups in total. The molecule has 0 aliphatic carbocycles. The number of aliphatic hydroxyl groups is 1. The number of carbonyl (C=O) groups is 2. The zero-order valence-corrected chi connectivity index (χ0v) is 19.0. The highest BCUT2D eigenvalue weighted by Gasteiger charge is 2.35. The van der Waals surface area contributed by atoms with Crippen molar-refractivity contribution in [2.75, 3.05) is 46.0 Å². The van der Waals surface area contributed by atoms with Gasteiger partial charge in [0.1, 0.15) is 5.75 Å². The predicted octanol–water partition coefficient (Wildman–Crippen LogP) is 0.745. The van der Waals surface area contributed by atoms with E-state index >= 15 is 0 Å². The lowest BCUT2D eigenvalue weighted by atomic mass is 9.91. The zero-order chi connectivity index (χ0) is 23.3. The second kappa shape index (κ2) is 10.3. The molecule has 1 aromatic carbocycles. The molecular formula is C23H31N5O5. The average Bonchev–Trinajstić information content (AvgIpc) is 3.29. The Labute approximate surface area is 193 Å². The third kappa shape index (κ3) is 5.88. The van der Waals surface area contributed by atoms with Crippen LogP contribution in [0, 0.1) is 0 Å². The van der Waals surface area contributed by atoms with Gasteiger partial charge in [-0.15, -0.1) is 5.10 Å². The Morgan fingerprint density at radius 2 is 1.79 bits per heavy atom. The first-order valence-electron chi connectivity index (χ1n) is 11.4. The van der Waals surface area contributed by atoms with Crippen LogP contribution in [-0.4, -0.2) is 93.3 Å². The molecule has 2 fully saturated rings. The van der Waals surface area contributed by atoms with Crippen LogP contribution in [0.4, 0.5) is 0 Å². The van der Waals surface area contributed by atoms with E-state index < -0.39 is 5.60 Å².